The van der Waals surface area contributed by atoms with Gasteiger partial charge in [0.2, 0.25) is 0 Å². The van der Waals surface area contributed by atoms with Gasteiger partial charge < -0.3 is 15.0 Å². The maximum absolute atomic E-state index is 5.20. The van der Waals surface area contributed by atoms with E-state index in [1.165, 1.54) is 0 Å². The number of nitrogens with one attached hydrogen (secondary N) is 2. The summed E-state index contributed by atoms with van der Waals surface area (Å²) in [6.07, 6.45) is 3.61. The minimum Gasteiger partial charge on any atom is -0.380 e. The number of aromatic amines is 1. The van der Waals surface area contributed by atoms with Crippen LogP contribution in [0.4, 0.5) is 0 Å². The lowest BCUT2D eigenvalue weighted by molar-refractivity contribution is 0.150. The predicted molar refractivity (Wildman–Crippen MR) is 58.7 cm³/mol. The van der Waals surface area contributed by atoms with Gasteiger partial charge in [0.15, 0.2) is 5.16 Å². The maximum Gasteiger partial charge on any atom is 0.165 e. The van der Waals surface area contributed by atoms with Crippen molar-refractivity contribution in [2.75, 3.05) is 32.1 Å². The first kappa shape index (κ1) is 11.6. The third-order valence-electron chi connectivity index (χ3n) is 1.62. The van der Waals surface area contributed by atoms with Crippen LogP contribution < -0.4 is 5.32 Å². The van der Waals surface area contributed by atoms with Crippen LogP contribution in [0.1, 0.15) is 6.92 Å². The smallest absolute Gasteiger partial charge is 0.165 e. The van der Waals surface area contributed by atoms with Crippen molar-refractivity contribution in [1.29, 1.82) is 0 Å². The largest absolute Gasteiger partial charge is 0.380 e. The van der Waals surface area contributed by atoms with Crippen molar-refractivity contribution in [3.05, 3.63) is 12.4 Å². The fourth-order valence-electron chi connectivity index (χ4n) is 0.963. The molecule has 0 unspecified atom stereocenters. The zero-order valence-electron chi connectivity index (χ0n) is 8.45. The van der Waals surface area contributed by atoms with E-state index in [0.29, 0.717) is 0 Å². The Hall–Kier alpha value is -0.520. The highest BCUT2D eigenvalue weighted by Crippen LogP contribution is 2.09. The van der Waals surface area contributed by atoms with Gasteiger partial charge in [-0.05, 0) is 6.92 Å². The van der Waals surface area contributed by atoms with Gasteiger partial charge in [0.05, 0.1) is 6.61 Å². The van der Waals surface area contributed by atoms with E-state index in [-0.39, 0.29) is 0 Å². The molecule has 1 aromatic heterocycles. The Morgan fingerprint density at radius 2 is 2.50 bits per heavy atom. The summed E-state index contributed by atoms with van der Waals surface area (Å²) < 4.78 is 5.20. The molecule has 0 radical (unpaired) electrons. The van der Waals surface area contributed by atoms with E-state index < -0.39 is 0 Å². The van der Waals surface area contributed by atoms with Gasteiger partial charge >= 0.3 is 0 Å². The second kappa shape index (κ2) is 7.84. The van der Waals surface area contributed by atoms with E-state index in [1.54, 1.807) is 18.0 Å². The molecule has 1 aromatic rings. The number of imidazole rings is 1. The predicted octanol–water partition coefficient (Wildman–Crippen LogP) is 1.13. The lowest BCUT2D eigenvalue weighted by atomic mass is 10.6. The first-order valence-corrected chi connectivity index (χ1v) is 5.82. The van der Waals surface area contributed by atoms with Crippen molar-refractivity contribution in [2.24, 2.45) is 0 Å². The summed E-state index contributed by atoms with van der Waals surface area (Å²) in [6.45, 7) is 5.50. The Balaban J connectivity index is 1.85. The van der Waals surface area contributed by atoms with Gasteiger partial charge in [-0.25, -0.2) is 4.98 Å². The van der Waals surface area contributed by atoms with Crippen LogP contribution in [0.5, 0.6) is 0 Å². The summed E-state index contributed by atoms with van der Waals surface area (Å²) in [5.41, 5.74) is 0. The summed E-state index contributed by atoms with van der Waals surface area (Å²) in [5, 5.41) is 4.28. The SMILES string of the molecule is CCOCCNCCSc1ncc[nH]1. The molecule has 0 fully saturated rings. The lowest BCUT2D eigenvalue weighted by Crippen LogP contribution is -2.22. The molecule has 0 amide bonds. The van der Waals surface area contributed by atoms with E-state index >= 15 is 0 Å². The van der Waals surface area contributed by atoms with Gasteiger partial charge in [0, 0.05) is 37.8 Å². The molecule has 0 spiro atoms. The Bertz CT molecular complexity index is 216. The Kier molecular flexibility index (Phi) is 6.47. The standard InChI is InChI=1S/C9H17N3OS/c1-2-13-7-5-10-6-8-14-9-11-3-4-12-9/h3-4,10H,2,5-8H2,1H3,(H,11,12). The number of aromatic nitrogens is 2. The minimum absolute atomic E-state index is 0.794. The lowest BCUT2D eigenvalue weighted by Gasteiger charge is -2.03. The van der Waals surface area contributed by atoms with E-state index in [9.17, 15) is 0 Å². The first-order valence-electron chi connectivity index (χ1n) is 4.84. The molecule has 2 N–H and O–H groups in total. The highest BCUT2D eigenvalue weighted by Gasteiger charge is 1.94. The fraction of sp³-hybridized carbons (Fsp3) is 0.667. The van der Waals surface area contributed by atoms with Crippen LogP contribution in [0.15, 0.2) is 17.6 Å². The molecule has 0 aromatic carbocycles. The molecule has 0 aliphatic heterocycles. The summed E-state index contributed by atoms with van der Waals surface area (Å²) in [6, 6.07) is 0. The third-order valence-corrected chi connectivity index (χ3v) is 2.52. The van der Waals surface area contributed by atoms with Gasteiger partial charge in [-0.1, -0.05) is 11.8 Å². The number of rotatable bonds is 8. The van der Waals surface area contributed by atoms with Crippen LogP contribution >= 0.6 is 11.8 Å². The van der Waals surface area contributed by atoms with Crippen LogP contribution in [0.3, 0.4) is 0 Å². The second-order valence-corrected chi connectivity index (χ2v) is 3.77. The molecule has 0 saturated carbocycles. The van der Waals surface area contributed by atoms with E-state index in [1.807, 2.05) is 13.1 Å². The average Bonchev–Trinajstić information content (AvgIpc) is 2.69. The minimum atomic E-state index is 0.794. The molecule has 1 rings (SSSR count). The van der Waals surface area contributed by atoms with Crippen LogP contribution in [0.2, 0.25) is 0 Å². The zero-order chi connectivity index (χ0) is 10.1. The normalized spacial score (nSPS) is 10.6. The number of thioether (sulfide) groups is 1. The van der Waals surface area contributed by atoms with Crippen molar-refractivity contribution >= 4 is 11.8 Å². The highest BCUT2D eigenvalue weighted by atomic mass is 32.2. The van der Waals surface area contributed by atoms with Crippen LogP contribution in [0.25, 0.3) is 0 Å². The molecule has 0 atom stereocenters. The van der Waals surface area contributed by atoms with Gasteiger partial charge in [0.1, 0.15) is 0 Å². The van der Waals surface area contributed by atoms with Gasteiger partial charge in [-0.15, -0.1) is 0 Å². The Morgan fingerprint density at radius 1 is 1.57 bits per heavy atom. The topological polar surface area (TPSA) is 49.9 Å². The number of hydrogen-bond donors (Lipinski definition) is 2. The number of nitrogens with zero attached hydrogens (tertiary/aromatic N) is 1. The fourth-order valence-corrected chi connectivity index (χ4v) is 1.69. The van der Waals surface area contributed by atoms with Crippen molar-refractivity contribution < 1.29 is 4.74 Å². The van der Waals surface area contributed by atoms with Crippen LogP contribution in [0, 0.1) is 0 Å². The van der Waals surface area contributed by atoms with Crippen molar-refractivity contribution in [2.45, 2.75) is 12.1 Å². The second-order valence-electron chi connectivity index (χ2n) is 2.69. The number of H-pyrrole nitrogens is 1. The van der Waals surface area contributed by atoms with Crippen molar-refractivity contribution in [3.8, 4) is 0 Å². The third kappa shape index (κ3) is 5.26. The van der Waals surface area contributed by atoms with Crippen molar-refractivity contribution in [1.82, 2.24) is 15.3 Å². The van der Waals surface area contributed by atoms with Gasteiger partial charge in [-0.3, -0.25) is 0 Å². The summed E-state index contributed by atoms with van der Waals surface area (Å²) in [5.74, 6) is 1.03. The summed E-state index contributed by atoms with van der Waals surface area (Å²) in [4.78, 5) is 7.17. The van der Waals surface area contributed by atoms with Crippen molar-refractivity contribution in [3.63, 3.8) is 0 Å². The maximum atomic E-state index is 5.20. The zero-order valence-corrected chi connectivity index (χ0v) is 9.27. The van der Waals surface area contributed by atoms with Crippen LogP contribution in [-0.2, 0) is 4.74 Å². The Morgan fingerprint density at radius 3 is 3.21 bits per heavy atom. The highest BCUT2D eigenvalue weighted by molar-refractivity contribution is 7.99. The average molecular weight is 215 g/mol. The monoisotopic (exact) mass is 215 g/mol. The van der Waals surface area contributed by atoms with E-state index in [2.05, 4.69) is 15.3 Å². The summed E-state index contributed by atoms with van der Waals surface area (Å²) in [7, 11) is 0. The number of hydrogen-bond acceptors (Lipinski definition) is 4. The van der Waals surface area contributed by atoms with Crippen LogP contribution in [-0.4, -0.2) is 42.0 Å². The molecule has 0 saturated heterocycles. The molecular formula is C9H17N3OS. The molecule has 0 aliphatic carbocycles. The molecular weight excluding hydrogens is 198 g/mol. The number of ether oxygens (including phenoxy) is 1. The molecule has 0 bridgehead atoms. The molecule has 14 heavy (non-hydrogen) atoms. The molecule has 1 heterocycles. The van der Waals surface area contributed by atoms with E-state index in [0.717, 1.165) is 37.2 Å². The Labute approximate surface area is 88.8 Å². The molecule has 80 valence electrons. The molecule has 0 aliphatic rings. The van der Waals surface area contributed by atoms with Gasteiger partial charge in [-0.2, -0.15) is 0 Å². The first-order chi connectivity index (χ1) is 6.93. The quantitative estimate of drug-likeness (QED) is 0.504. The van der Waals surface area contributed by atoms with E-state index in [4.69, 9.17) is 4.74 Å². The summed E-state index contributed by atoms with van der Waals surface area (Å²) >= 11 is 1.72. The molecule has 5 heteroatoms. The molecule has 4 nitrogen and oxygen atoms in total. The van der Waals surface area contributed by atoms with Gasteiger partial charge in [0.25, 0.3) is 0 Å².